The van der Waals surface area contributed by atoms with E-state index in [1.165, 1.54) is 44.9 Å². The summed E-state index contributed by atoms with van der Waals surface area (Å²) in [6.07, 6.45) is 12.3. The highest BCUT2D eigenvalue weighted by Crippen LogP contribution is 2.48. The van der Waals surface area contributed by atoms with E-state index < -0.39 is 0 Å². The SMILES string of the molecule is O=C(NCC12CCCC(CCC1)C2)c1cc(CCCNCCO)ncc1Cl.[CH2]. The van der Waals surface area contributed by atoms with E-state index >= 15 is 0 Å². The number of rotatable bonds is 9. The Morgan fingerprint density at radius 2 is 2.04 bits per heavy atom. The van der Waals surface area contributed by atoms with E-state index in [2.05, 4.69) is 15.6 Å². The molecule has 2 bridgehead atoms. The van der Waals surface area contributed by atoms with Crippen molar-refractivity contribution in [2.24, 2.45) is 11.3 Å². The van der Waals surface area contributed by atoms with Crippen molar-refractivity contribution in [3.8, 4) is 0 Å². The van der Waals surface area contributed by atoms with Crippen molar-refractivity contribution < 1.29 is 9.90 Å². The molecule has 5 nitrogen and oxygen atoms in total. The first kappa shape index (κ1) is 23.1. The number of carbonyl (C=O) groups is 1. The maximum absolute atomic E-state index is 12.8. The first-order chi connectivity index (χ1) is 13.1. The van der Waals surface area contributed by atoms with E-state index in [0.717, 1.165) is 37.5 Å². The molecular formula is C22H34ClN3O2. The number of pyridine rings is 1. The minimum Gasteiger partial charge on any atom is -0.395 e. The summed E-state index contributed by atoms with van der Waals surface area (Å²) in [5, 5.41) is 15.5. The van der Waals surface area contributed by atoms with Gasteiger partial charge in [0.1, 0.15) is 0 Å². The van der Waals surface area contributed by atoms with Crippen LogP contribution >= 0.6 is 11.6 Å². The van der Waals surface area contributed by atoms with Crippen molar-refractivity contribution in [1.29, 1.82) is 0 Å². The van der Waals surface area contributed by atoms with Gasteiger partial charge in [0.15, 0.2) is 0 Å². The Balaban J connectivity index is 0.00000280. The Morgan fingerprint density at radius 1 is 1.29 bits per heavy atom. The lowest BCUT2D eigenvalue weighted by molar-refractivity contribution is 0.0681. The van der Waals surface area contributed by atoms with Gasteiger partial charge >= 0.3 is 0 Å². The molecule has 1 heterocycles. The zero-order chi connectivity index (χ0) is 19.1. The predicted molar refractivity (Wildman–Crippen MR) is 113 cm³/mol. The topological polar surface area (TPSA) is 74.2 Å². The molecule has 28 heavy (non-hydrogen) atoms. The summed E-state index contributed by atoms with van der Waals surface area (Å²) in [5.74, 6) is 0.782. The van der Waals surface area contributed by atoms with Crippen molar-refractivity contribution in [3.05, 3.63) is 36.0 Å². The maximum atomic E-state index is 12.8. The van der Waals surface area contributed by atoms with Gasteiger partial charge in [-0.2, -0.15) is 0 Å². The van der Waals surface area contributed by atoms with E-state index in [-0.39, 0.29) is 19.9 Å². The second kappa shape index (κ2) is 11.1. The van der Waals surface area contributed by atoms with Crippen LogP contribution in [0, 0.1) is 18.8 Å². The molecular weight excluding hydrogens is 374 g/mol. The fourth-order valence-electron chi connectivity index (χ4n) is 4.82. The van der Waals surface area contributed by atoms with Gasteiger partial charge in [-0.15, -0.1) is 0 Å². The number of hydrogen-bond acceptors (Lipinski definition) is 4. The molecule has 1 aromatic rings. The van der Waals surface area contributed by atoms with Crippen LogP contribution in [-0.2, 0) is 6.42 Å². The molecule has 1 aromatic heterocycles. The fourth-order valence-corrected chi connectivity index (χ4v) is 5.01. The van der Waals surface area contributed by atoms with Crippen LogP contribution in [0.3, 0.4) is 0 Å². The molecule has 3 rings (SSSR count). The van der Waals surface area contributed by atoms with Crippen LogP contribution in [0.1, 0.15) is 67.4 Å². The third-order valence-corrected chi connectivity index (χ3v) is 6.52. The van der Waals surface area contributed by atoms with Gasteiger partial charge in [-0.05, 0) is 56.0 Å². The number of aryl methyl sites for hydroxylation is 1. The standard InChI is InChI=1S/C21H32ClN3O2.CH2/c22-19-14-24-17(6-3-9-23-10-11-26)12-18(19)20(27)25-15-21-7-1-4-16(13-21)5-2-8-21;/h12,14,16,23,26H,1-11,13,15H2,(H,25,27);1H2. The summed E-state index contributed by atoms with van der Waals surface area (Å²) < 4.78 is 0. The summed E-state index contributed by atoms with van der Waals surface area (Å²) in [6, 6.07) is 1.83. The summed E-state index contributed by atoms with van der Waals surface area (Å²) in [4.78, 5) is 17.1. The fraction of sp³-hybridized carbons (Fsp3) is 0.682. The number of hydrogen-bond donors (Lipinski definition) is 3. The molecule has 3 N–H and O–H groups in total. The molecule has 156 valence electrons. The molecule has 0 saturated heterocycles. The summed E-state index contributed by atoms with van der Waals surface area (Å²) in [6.45, 7) is 2.33. The van der Waals surface area contributed by atoms with Crippen molar-refractivity contribution >= 4 is 17.5 Å². The van der Waals surface area contributed by atoms with Crippen LogP contribution in [-0.4, -0.2) is 42.2 Å². The van der Waals surface area contributed by atoms with Crippen LogP contribution in [0.25, 0.3) is 0 Å². The second-order valence-corrected chi connectivity index (χ2v) is 8.68. The minimum absolute atomic E-state index is 0. The van der Waals surface area contributed by atoms with Gasteiger partial charge in [-0.3, -0.25) is 9.78 Å². The highest BCUT2D eigenvalue weighted by Gasteiger charge is 2.39. The third kappa shape index (κ3) is 6.16. The zero-order valence-electron chi connectivity index (χ0n) is 16.8. The average molecular weight is 408 g/mol. The second-order valence-electron chi connectivity index (χ2n) is 8.27. The molecule has 0 spiro atoms. The van der Waals surface area contributed by atoms with Crippen LogP contribution < -0.4 is 10.6 Å². The highest BCUT2D eigenvalue weighted by molar-refractivity contribution is 6.33. The first-order valence-corrected chi connectivity index (χ1v) is 10.7. The summed E-state index contributed by atoms with van der Waals surface area (Å²) in [5.41, 5.74) is 1.71. The van der Waals surface area contributed by atoms with Crippen molar-refractivity contribution in [3.63, 3.8) is 0 Å². The highest BCUT2D eigenvalue weighted by atomic mass is 35.5. The number of nitrogens with zero attached hydrogens (tertiary/aromatic N) is 1. The van der Waals surface area contributed by atoms with Crippen LogP contribution in [0.5, 0.6) is 0 Å². The summed E-state index contributed by atoms with van der Waals surface area (Å²) >= 11 is 6.25. The van der Waals surface area contributed by atoms with Crippen LogP contribution in [0.15, 0.2) is 12.3 Å². The van der Waals surface area contributed by atoms with Crippen LogP contribution in [0.2, 0.25) is 5.02 Å². The van der Waals surface area contributed by atoms with Crippen LogP contribution in [0.4, 0.5) is 0 Å². The molecule has 0 aromatic carbocycles. The lowest BCUT2D eigenvalue weighted by atomic mass is 9.62. The number of aliphatic hydroxyl groups excluding tert-OH is 1. The Kier molecular flexibility index (Phi) is 9.19. The quantitative estimate of drug-likeness (QED) is 0.546. The van der Waals surface area contributed by atoms with Gasteiger partial charge < -0.3 is 15.7 Å². The van der Waals surface area contributed by atoms with E-state index in [9.17, 15) is 4.79 Å². The average Bonchev–Trinajstić information content (AvgIpc) is 2.67. The number of amides is 1. The number of nitrogens with one attached hydrogen (secondary N) is 2. The molecule has 2 aliphatic rings. The largest absolute Gasteiger partial charge is 0.395 e. The van der Waals surface area contributed by atoms with E-state index in [4.69, 9.17) is 16.7 Å². The van der Waals surface area contributed by atoms with E-state index in [1.807, 2.05) is 6.07 Å². The molecule has 6 heteroatoms. The molecule has 0 aliphatic heterocycles. The molecule has 2 saturated carbocycles. The lowest BCUT2D eigenvalue weighted by Crippen LogP contribution is -2.43. The number of fused-ring (bicyclic) bond motifs is 2. The van der Waals surface area contributed by atoms with Crippen molar-refractivity contribution in [2.75, 3.05) is 26.2 Å². The predicted octanol–water partition coefficient (Wildman–Crippen LogP) is 3.67. The minimum atomic E-state index is -0.0795. The number of aromatic nitrogens is 1. The Hall–Kier alpha value is -1.17. The molecule has 0 unspecified atom stereocenters. The van der Waals surface area contributed by atoms with E-state index in [0.29, 0.717) is 22.5 Å². The molecule has 0 atom stereocenters. The van der Waals surface area contributed by atoms with Gasteiger partial charge in [0.2, 0.25) is 0 Å². The third-order valence-electron chi connectivity index (χ3n) is 6.22. The number of halogens is 1. The maximum Gasteiger partial charge on any atom is 0.252 e. The smallest absolute Gasteiger partial charge is 0.252 e. The van der Waals surface area contributed by atoms with Gasteiger partial charge in [0, 0.05) is 25.0 Å². The Labute approximate surface area is 174 Å². The Bertz CT molecular complexity index is 628. The summed E-state index contributed by atoms with van der Waals surface area (Å²) in [7, 11) is 0. The van der Waals surface area contributed by atoms with Gasteiger partial charge in [-0.25, -0.2) is 0 Å². The molecule has 2 aliphatic carbocycles. The Morgan fingerprint density at radius 3 is 2.75 bits per heavy atom. The molecule has 2 radical (unpaired) electrons. The number of carbonyl (C=O) groups excluding carboxylic acids is 1. The lowest BCUT2D eigenvalue weighted by Gasteiger charge is -2.45. The zero-order valence-corrected chi connectivity index (χ0v) is 17.6. The first-order valence-electron chi connectivity index (χ1n) is 10.4. The van der Waals surface area contributed by atoms with Gasteiger partial charge in [0.25, 0.3) is 5.91 Å². The normalized spacial score (nSPS) is 23.7. The molecule has 2 fully saturated rings. The van der Waals surface area contributed by atoms with Crippen molar-refractivity contribution in [1.82, 2.24) is 15.6 Å². The van der Waals surface area contributed by atoms with E-state index in [1.54, 1.807) is 6.20 Å². The van der Waals surface area contributed by atoms with Gasteiger partial charge in [0.05, 0.1) is 17.2 Å². The molecule has 1 amide bonds. The van der Waals surface area contributed by atoms with Gasteiger partial charge in [-0.1, -0.05) is 44.7 Å². The van der Waals surface area contributed by atoms with Crippen molar-refractivity contribution in [2.45, 2.75) is 57.8 Å². The monoisotopic (exact) mass is 407 g/mol. The number of aliphatic hydroxyl groups is 1.